The first kappa shape index (κ1) is 15.2. The Balaban J connectivity index is 2.40. The molecule has 2 atom stereocenters. The summed E-state index contributed by atoms with van der Waals surface area (Å²) in [4.78, 5) is 37.5. The largest absolute Gasteiger partial charge is 0.361 e. The van der Waals surface area contributed by atoms with Crippen LogP contribution in [0.2, 0.25) is 0 Å². The maximum Gasteiger partial charge on any atom is 0.331 e. The SMILES string of the molecule is Cc1noc(C)c1C(C)N1C(=O)NC(=O)C(C(C)C)C1=O. The van der Waals surface area contributed by atoms with Gasteiger partial charge >= 0.3 is 6.03 Å². The van der Waals surface area contributed by atoms with Gasteiger partial charge in [0.2, 0.25) is 11.8 Å². The summed E-state index contributed by atoms with van der Waals surface area (Å²) in [6.07, 6.45) is 0. The monoisotopic (exact) mass is 293 g/mol. The molecule has 4 amide bonds. The number of hydrogen-bond donors (Lipinski definition) is 1. The van der Waals surface area contributed by atoms with Crippen LogP contribution in [0.15, 0.2) is 4.52 Å². The molecule has 0 saturated carbocycles. The van der Waals surface area contributed by atoms with Gasteiger partial charge in [0.1, 0.15) is 11.7 Å². The highest BCUT2D eigenvalue weighted by Crippen LogP contribution is 2.30. The predicted molar refractivity (Wildman–Crippen MR) is 73.1 cm³/mol. The Morgan fingerprint density at radius 2 is 1.81 bits per heavy atom. The standard InChI is InChI=1S/C14H19N3O4/c1-6(2)10-12(18)15-14(20)17(13(10)19)8(4)11-7(3)16-21-9(11)5/h6,8,10H,1-5H3,(H,15,18,20). The van der Waals surface area contributed by atoms with E-state index in [4.69, 9.17) is 4.52 Å². The number of barbiturate groups is 1. The highest BCUT2D eigenvalue weighted by atomic mass is 16.5. The number of urea groups is 1. The number of nitrogens with one attached hydrogen (secondary N) is 1. The first-order chi connectivity index (χ1) is 9.75. The zero-order valence-corrected chi connectivity index (χ0v) is 12.8. The van der Waals surface area contributed by atoms with E-state index in [0.717, 1.165) is 4.90 Å². The van der Waals surface area contributed by atoms with E-state index in [1.165, 1.54) is 0 Å². The normalized spacial score (nSPS) is 21.0. The van der Waals surface area contributed by atoms with E-state index >= 15 is 0 Å². The molecule has 1 fully saturated rings. The second-order valence-electron chi connectivity index (χ2n) is 5.64. The molecule has 2 rings (SSSR count). The molecular formula is C14H19N3O4. The van der Waals surface area contributed by atoms with E-state index in [1.54, 1.807) is 34.6 Å². The number of aryl methyl sites for hydroxylation is 2. The van der Waals surface area contributed by atoms with Crippen molar-refractivity contribution in [1.82, 2.24) is 15.4 Å². The van der Waals surface area contributed by atoms with Gasteiger partial charge in [-0.3, -0.25) is 19.8 Å². The van der Waals surface area contributed by atoms with Crippen molar-refractivity contribution in [3.05, 3.63) is 17.0 Å². The van der Waals surface area contributed by atoms with Crippen LogP contribution >= 0.6 is 0 Å². The van der Waals surface area contributed by atoms with Crippen LogP contribution in [0.25, 0.3) is 0 Å². The number of imide groups is 2. The fourth-order valence-corrected chi connectivity index (χ4v) is 2.78. The molecular weight excluding hydrogens is 274 g/mol. The molecule has 0 radical (unpaired) electrons. The van der Waals surface area contributed by atoms with Crippen LogP contribution in [0.5, 0.6) is 0 Å². The lowest BCUT2D eigenvalue weighted by atomic mass is 9.90. The smallest absolute Gasteiger partial charge is 0.331 e. The Kier molecular flexibility index (Phi) is 3.85. The third kappa shape index (κ3) is 2.43. The first-order valence-electron chi connectivity index (χ1n) is 6.86. The molecule has 114 valence electrons. The molecule has 0 aliphatic carbocycles. The molecule has 0 bridgehead atoms. The average molecular weight is 293 g/mol. The Morgan fingerprint density at radius 3 is 2.29 bits per heavy atom. The lowest BCUT2D eigenvalue weighted by Gasteiger charge is -2.35. The molecule has 0 aromatic carbocycles. The third-order valence-electron chi connectivity index (χ3n) is 3.80. The third-order valence-corrected chi connectivity index (χ3v) is 3.80. The van der Waals surface area contributed by atoms with Crippen molar-refractivity contribution in [2.75, 3.05) is 0 Å². The van der Waals surface area contributed by atoms with Crippen molar-refractivity contribution in [2.45, 2.75) is 40.7 Å². The second-order valence-corrected chi connectivity index (χ2v) is 5.64. The second kappa shape index (κ2) is 5.31. The van der Waals surface area contributed by atoms with Crippen LogP contribution < -0.4 is 5.32 Å². The Morgan fingerprint density at radius 1 is 1.19 bits per heavy atom. The van der Waals surface area contributed by atoms with Crippen LogP contribution in [0.1, 0.15) is 43.8 Å². The number of hydrogen-bond acceptors (Lipinski definition) is 5. The van der Waals surface area contributed by atoms with Gasteiger partial charge in [-0.2, -0.15) is 0 Å². The molecule has 1 aliphatic heterocycles. The van der Waals surface area contributed by atoms with Gasteiger partial charge in [-0.25, -0.2) is 4.79 Å². The minimum atomic E-state index is -0.856. The van der Waals surface area contributed by atoms with Gasteiger partial charge in [-0.15, -0.1) is 0 Å². The van der Waals surface area contributed by atoms with E-state index in [2.05, 4.69) is 10.5 Å². The summed E-state index contributed by atoms with van der Waals surface area (Å²) in [5.74, 6) is -1.51. The molecule has 7 nitrogen and oxygen atoms in total. The molecule has 2 heterocycles. The van der Waals surface area contributed by atoms with Crippen molar-refractivity contribution < 1.29 is 18.9 Å². The highest BCUT2D eigenvalue weighted by Gasteiger charge is 2.45. The lowest BCUT2D eigenvalue weighted by molar-refractivity contribution is -0.145. The number of carbonyl (C=O) groups excluding carboxylic acids is 3. The van der Waals surface area contributed by atoms with Gasteiger partial charge < -0.3 is 4.52 Å². The van der Waals surface area contributed by atoms with Gasteiger partial charge in [0.25, 0.3) is 0 Å². The van der Waals surface area contributed by atoms with Crippen LogP contribution in [0, 0.1) is 25.7 Å². The summed E-state index contributed by atoms with van der Waals surface area (Å²) in [6, 6.07) is -1.24. The zero-order chi connectivity index (χ0) is 15.9. The molecule has 1 aromatic heterocycles. The maximum atomic E-state index is 12.5. The van der Waals surface area contributed by atoms with Gasteiger partial charge in [0.05, 0.1) is 11.7 Å². The molecule has 2 unspecified atom stereocenters. The summed E-state index contributed by atoms with van der Waals surface area (Å²) >= 11 is 0. The van der Waals surface area contributed by atoms with Crippen molar-refractivity contribution in [3.63, 3.8) is 0 Å². The Hall–Kier alpha value is -2.18. The molecule has 1 N–H and O–H groups in total. The average Bonchev–Trinajstić information content (AvgIpc) is 2.67. The Bertz CT molecular complexity index is 586. The van der Waals surface area contributed by atoms with Gasteiger partial charge in [-0.1, -0.05) is 19.0 Å². The molecule has 21 heavy (non-hydrogen) atoms. The first-order valence-corrected chi connectivity index (χ1v) is 6.86. The molecule has 1 saturated heterocycles. The van der Waals surface area contributed by atoms with E-state index in [-0.39, 0.29) is 5.92 Å². The fourth-order valence-electron chi connectivity index (χ4n) is 2.78. The van der Waals surface area contributed by atoms with Crippen molar-refractivity contribution in [3.8, 4) is 0 Å². The predicted octanol–water partition coefficient (Wildman–Crippen LogP) is 1.70. The minimum absolute atomic E-state index is 0.190. The van der Waals surface area contributed by atoms with E-state index in [9.17, 15) is 14.4 Å². The van der Waals surface area contributed by atoms with Crippen LogP contribution in [0.4, 0.5) is 4.79 Å². The maximum absolute atomic E-state index is 12.5. The highest BCUT2D eigenvalue weighted by molar-refractivity contribution is 6.16. The fraction of sp³-hybridized carbons (Fsp3) is 0.571. The summed E-state index contributed by atoms with van der Waals surface area (Å²) in [7, 11) is 0. The topological polar surface area (TPSA) is 92.5 Å². The Labute approximate surface area is 122 Å². The molecule has 1 aliphatic rings. The molecule has 1 aromatic rings. The summed E-state index contributed by atoms with van der Waals surface area (Å²) in [5, 5.41) is 6.09. The van der Waals surface area contributed by atoms with Crippen LogP contribution in [0.3, 0.4) is 0 Å². The van der Waals surface area contributed by atoms with E-state index in [1.807, 2.05) is 0 Å². The van der Waals surface area contributed by atoms with Crippen molar-refractivity contribution in [2.24, 2.45) is 11.8 Å². The number of rotatable bonds is 3. The number of aromatic nitrogens is 1. The van der Waals surface area contributed by atoms with Gasteiger partial charge in [0, 0.05) is 5.56 Å². The quantitative estimate of drug-likeness (QED) is 0.856. The van der Waals surface area contributed by atoms with Gasteiger partial charge in [-0.05, 0) is 26.7 Å². The van der Waals surface area contributed by atoms with Crippen molar-refractivity contribution in [1.29, 1.82) is 0 Å². The number of nitrogens with zero attached hydrogens (tertiary/aromatic N) is 2. The molecule has 7 heteroatoms. The van der Waals surface area contributed by atoms with Crippen LogP contribution in [-0.4, -0.2) is 27.9 Å². The van der Waals surface area contributed by atoms with E-state index < -0.39 is 29.8 Å². The zero-order valence-electron chi connectivity index (χ0n) is 12.8. The summed E-state index contributed by atoms with van der Waals surface area (Å²) in [5.41, 5.74) is 1.31. The number of amides is 4. The summed E-state index contributed by atoms with van der Waals surface area (Å²) in [6.45, 7) is 8.74. The van der Waals surface area contributed by atoms with Crippen molar-refractivity contribution >= 4 is 17.8 Å². The summed E-state index contributed by atoms with van der Waals surface area (Å²) < 4.78 is 5.09. The van der Waals surface area contributed by atoms with Gasteiger partial charge in [0.15, 0.2) is 0 Å². The lowest BCUT2D eigenvalue weighted by Crippen LogP contribution is -2.59. The molecule has 0 spiro atoms. The van der Waals surface area contributed by atoms with Crippen LogP contribution in [-0.2, 0) is 9.59 Å². The van der Waals surface area contributed by atoms with E-state index in [0.29, 0.717) is 17.0 Å². The minimum Gasteiger partial charge on any atom is -0.361 e. The number of carbonyl (C=O) groups is 3.